The van der Waals surface area contributed by atoms with Crippen LogP contribution in [0, 0.1) is 17.5 Å². The van der Waals surface area contributed by atoms with Crippen LogP contribution in [-0.2, 0) is 12.0 Å². The second-order valence-corrected chi connectivity index (χ2v) is 6.39. The molecule has 4 rings (SSSR count). The number of imidazole rings is 1. The van der Waals surface area contributed by atoms with Crippen LogP contribution in [0.1, 0.15) is 29.3 Å². The Hall–Kier alpha value is -1.13. The van der Waals surface area contributed by atoms with E-state index in [1.807, 2.05) is 6.92 Å². The van der Waals surface area contributed by atoms with Crippen LogP contribution in [0.15, 0.2) is 18.2 Å². The van der Waals surface area contributed by atoms with Crippen molar-refractivity contribution in [3.05, 3.63) is 50.8 Å². The van der Waals surface area contributed by atoms with Gasteiger partial charge in [0.25, 0.3) is 0 Å². The highest BCUT2D eigenvalue weighted by molar-refractivity contribution is 7.71. The summed E-state index contributed by atoms with van der Waals surface area (Å²) in [7, 11) is 0. The maximum absolute atomic E-state index is 14.1. The minimum Gasteiger partial charge on any atom is -0.335 e. The lowest BCUT2D eigenvalue weighted by atomic mass is 9.93. The lowest BCUT2D eigenvalue weighted by molar-refractivity contribution is 0.530. The van der Waals surface area contributed by atoms with Crippen LogP contribution in [0.3, 0.4) is 0 Å². The SMILES string of the molecule is Cc1[nH]c(=S)n2c1[C@@H]1C[C@@]1(c1cc(Cl)ccc1F)C2. The molecule has 0 amide bonds. The molecule has 2 nitrogen and oxygen atoms in total. The third-order valence-electron chi connectivity index (χ3n) is 4.53. The van der Waals surface area contributed by atoms with Crippen LogP contribution in [0.25, 0.3) is 0 Å². The van der Waals surface area contributed by atoms with E-state index in [1.165, 1.54) is 11.8 Å². The first-order valence-corrected chi connectivity index (χ1v) is 7.06. The number of nitrogens with zero attached hydrogens (tertiary/aromatic N) is 1. The van der Waals surface area contributed by atoms with Gasteiger partial charge in [0.05, 0.1) is 0 Å². The number of aromatic nitrogens is 2. The third kappa shape index (κ3) is 1.39. The van der Waals surface area contributed by atoms with E-state index in [9.17, 15) is 4.39 Å². The molecule has 1 aliphatic heterocycles. The number of hydrogen-bond donors (Lipinski definition) is 1. The molecule has 2 aliphatic rings. The fraction of sp³-hybridized carbons (Fsp3) is 0.357. The normalized spacial score (nSPS) is 27.2. The number of fused-ring (bicyclic) bond motifs is 3. The highest BCUT2D eigenvalue weighted by Gasteiger charge is 2.63. The number of rotatable bonds is 1. The number of hydrogen-bond acceptors (Lipinski definition) is 1. The molecule has 0 bridgehead atoms. The molecule has 98 valence electrons. The molecule has 1 N–H and O–H groups in total. The van der Waals surface area contributed by atoms with Gasteiger partial charge in [-0.3, -0.25) is 0 Å². The Labute approximate surface area is 120 Å². The Bertz CT molecular complexity index is 763. The molecule has 0 unspecified atom stereocenters. The van der Waals surface area contributed by atoms with Gasteiger partial charge in [-0.15, -0.1) is 0 Å². The summed E-state index contributed by atoms with van der Waals surface area (Å²) >= 11 is 11.3. The number of aromatic amines is 1. The topological polar surface area (TPSA) is 20.7 Å². The first-order valence-electron chi connectivity index (χ1n) is 6.28. The maximum atomic E-state index is 14.1. The largest absolute Gasteiger partial charge is 0.335 e. The molecule has 1 fully saturated rings. The minimum absolute atomic E-state index is 0.127. The number of aryl methyl sites for hydroxylation is 1. The van der Waals surface area contributed by atoms with Gasteiger partial charge >= 0.3 is 0 Å². The molecule has 2 atom stereocenters. The van der Waals surface area contributed by atoms with Gasteiger partial charge in [0.15, 0.2) is 4.77 Å². The Kier molecular flexibility index (Phi) is 2.15. The maximum Gasteiger partial charge on any atom is 0.177 e. The predicted octanol–water partition coefficient (Wildman–Crippen LogP) is 4.09. The summed E-state index contributed by atoms with van der Waals surface area (Å²) in [5.41, 5.74) is 2.96. The summed E-state index contributed by atoms with van der Waals surface area (Å²) < 4.78 is 17.0. The second kappa shape index (κ2) is 3.49. The molecule has 2 heterocycles. The van der Waals surface area contributed by atoms with Crippen molar-refractivity contribution in [2.24, 2.45) is 0 Å². The van der Waals surface area contributed by atoms with Crippen molar-refractivity contribution in [2.75, 3.05) is 0 Å². The van der Waals surface area contributed by atoms with E-state index in [-0.39, 0.29) is 11.2 Å². The molecule has 0 spiro atoms. The minimum atomic E-state index is -0.162. The van der Waals surface area contributed by atoms with Gasteiger partial charge in [0.1, 0.15) is 5.82 Å². The first-order chi connectivity index (χ1) is 9.03. The van der Waals surface area contributed by atoms with Gasteiger partial charge in [-0.25, -0.2) is 4.39 Å². The van der Waals surface area contributed by atoms with Gasteiger partial charge in [-0.05, 0) is 49.3 Å². The molecule has 1 aliphatic carbocycles. The van der Waals surface area contributed by atoms with Crippen LogP contribution in [0.2, 0.25) is 5.02 Å². The molecule has 5 heteroatoms. The Balaban J connectivity index is 1.87. The zero-order valence-electron chi connectivity index (χ0n) is 10.3. The number of halogens is 2. The van der Waals surface area contributed by atoms with Gasteiger partial charge in [-0.1, -0.05) is 11.6 Å². The van der Waals surface area contributed by atoms with E-state index < -0.39 is 0 Å². The summed E-state index contributed by atoms with van der Waals surface area (Å²) in [6.45, 7) is 2.79. The van der Waals surface area contributed by atoms with Crippen molar-refractivity contribution in [2.45, 2.75) is 31.2 Å². The van der Waals surface area contributed by atoms with Gasteiger partial charge < -0.3 is 9.55 Å². The Morgan fingerprint density at radius 3 is 3.05 bits per heavy atom. The smallest absolute Gasteiger partial charge is 0.177 e. The van der Waals surface area contributed by atoms with Crippen LogP contribution in [0.5, 0.6) is 0 Å². The average molecular weight is 295 g/mol. The monoisotopic (exact) mass is 294 g/mol. The van der Waals surface area contributed by atoms with Gasteiger partial charge in [-0.2, -0.15) is 0 Å². The first kappa shape index (κ1) is 11.7. The molecule has 1 aromatic carbocycles. The quantitative estimate of drug-likeness (QED) is 0.786. The lowest BCUT2D eigenvalue weighted by Crippen LogP contribution is -2.14. The zero-order chi connectivity index (χ0) is 13.4. The van der Waals surface area contributed by atoms with Crippen molar-refractivity contribution in [3.8, 4) is 0 Å². The van der Waals surface area contributed by atoms with Crippen LogP contribution in [0.4, 0.5) is 4.39 Å². The zero-order valence-corrected chi connectivity index (χ0v) is 11.9. The van der Waals surface area contributed by atoms with Crippen LogP contribution in [-0.4, -0.2) is 9.55 Å². The van der Waals surface area contributed by atoms with Crippen molar-refractivity contribution < 1.29 is 4.39 Å². The summed E-state index contributed by atoms with van der Waals surface area (Å²) in [4.78, 5) is 3.19. The van der Waals surface area contributed by atoms with Crippen LogP contribution < -0.4 is 0 Å². The summed E-state index contributed by atoms with van der Waals surface area (Å²) in [5, 5.41) is 0.592. The van der Waals surface area contributed by atoms with Crippen molar-refractivity contribution in [3.63, 3.8) is 0 Å². The lowest BCUT2D eigenvalue weighted by Gasteiger charge is -2.14. The molecule has 0 saturated heterocycles. The van der Waals surface area contributed by atoms with Crippen molar-refractivity contribution in [1.82, 2.24) is 9.55 Å². The van der Waals surface area contributed by atoms with E-state index in [2.05, 4.69) is 9.55 Å². The van der Waals surface area contributed by atoms with E-state index in [0.717, 1.165) is 29.0 Å². The summed E-state index contributed by atoms with van der Waals surface area (Å²) in [6.07, 6.45) is 0.984. The van der Waals surface area contributed by atoms with E-state index in [1.54, 1.807) is 12.1 Å². The summed E-state index contributed by atoms with van der Waals surface area (Å²) in [5.74, 6) is 0.207. The fourth-order valence-corrected chi connectivity index (χ4v) is 4.08. The van der Waals surface area contributed by atoms with Gasteiger partial charge in [0.2, 0.25) is 0 Å². The highest BCUT2D eigenvalue weighted by atomic mass is 35.5. The van der Waals surface area contributed by atoms with Crippen molar-refractivity contribution in [1.29, 1.82) is 0 Å². The molecule has 1 aromatic heterocycles. The van der Waals surface area contributed by atoms with E-state index in [4.69, 9.17) is 23.8 Å². The highest BCUT2D eigenvalue weighted by Crippen LogP contribution is 2.66. The average Bonchev–Trinajstić information content (AvgIpc) is 2.87. The predicted molar refractivity (Wildman–Crippen MR) is 74.8 cm³/mol. The standard InChI is InChI=1S/C14H12ClFN2S/c1-7-12-10-5-14(10,6-18(12)13(19)17-7)9-4-8(15)2-3-11(9)16/h2-4,10H,5-6H2,1H3,(H,17,19)/t10-,14-/m0/s1. The van der Waals surface area contributed by atoms with Crippen LogP contribution >= 0.6 is 23.8 Å². The molecule has 1 saturated carbocycles. The van der Waals surface area contributed by atoms with E-state index >= 15 is 0 Å². The molecular formula is C14H12ClFN2S. The van der Waals surface area contributed by atoms with Gasteiger partial charge in [0, 0.05) is 34.3 Å². The Morgan fingerprint density at radius 2 is 2.32 bits per heavy atom. The number of nitrogens with one attached hydrogen (secondary N) is 1. The van der Waals surface area contributed by atoms with E-state index in [0.29, 0.717) is 10.9 Å². The fourth-order valence-electron chi connectivity index (χ4n) is 3.59. The molecular weight excluding hydrogens is 283 g/mol. The molecule has 0 radical (unpaired) electrons. The Morgan fingerprint density at radius 1 is 1.53 bits per heavy atom. The third-order valence-corrected chi connectivity index (χ3v) is 5.08. The van der Waals surface area contributed by atoms with Crippen molar-refractivity contribution >= 4 is 23.8 Å². The molecule has 19 heavy (non-hydrogen) atoms. The number of H-pyrrole nitrogens is 1. The molecule has 2 aromatic rings. The summed E-state index contributed by atoms with van der Waals surface area (Å²) in [6, 6.07) is 4.83. The second-order valence-electron chi connectivity index (χ2n) is 5.56. The number of benzene rings is 1.